The first-order valence-corrected chi connectivity index (χ1v) is 10.1. The zero-order valence-electron chi connectivity index (χ0n) is 17.2. The zero-order valence-corrected chi connectivity index (χ0v) is 17.2. The van der Waals surface area contributed by atoms with Crippen LogP contribution in [0.25, 0.3) is 0 Å². The largest absolute Gasteiger partial charge is 0.493 e. The molecule has 3 rings (SSSR count). The van der Waals surface area contributed by atoms with Crippen molar-refractivity contribution in [1.82, 2.24) is 10.2 Å². The maximum absolute atomic E-state index is 13.4. The standard InChI is InChI=1S/C23H26F2N2O3/c1-15(2)26-22(28)17-5-8-19(9-6-17)30-14-16-4-3-11-27(13-16)23(29)18-7-10-20(24)21(25)12-18/h5-10,12,15-16H,3-4,11,13-14H2,1-2H3,(H,26,28)/t16-/m0/s1. The van der Waals surface area contributed by atoms with Crippen LogP contribution in [-0.4, -0.2) is 42.5 Å². The molecule has 0 bridgehead atoms. The Labute approximate surface area is 175 Å². The highest BCUT2D eigenvalue weighted by Crippen LogP contribution is 2.21. The number of carbonyl (C=O) groups excluding carboxylic acids is 2. The summed E-state index contributed by atoms with van der Waals surface area (Å²) < 4.78 is 32.4. The third-order valence-corrected chi connectivity index (χ3v) is 4.99. The van der Waals surface area contributed by atoms with Crippen molar-refractivity contribution in [3.63, 3.8) is 0 Å². The minimum atomic E-state index is -1.02. The number of likely N-dealkylation sites (tertiary alicyclic amines) is 1. The molecule has 0 aliphatic carbocycles. The van der Waals surface area contributed by atoms with E-state index < -0.39 is 11.6 Å². The van der Waals surface area contributed by atoms with Crippen LogP contribution in [-0.2, 0) is 0 Å². The van der Waals surface area contributed by atoms with Gasteiger partial charge in [-0.05, 0) is 69.2 Å². The zero-order chi connectivity index (χ0) is 21.7. The molecule has 1 fully saturated rings. The molecule has 0 saturated carbocycles. The normalized spacial score (nSPS) is 16.4. The van der Waals surface area contributed by atoms with E-state index in [4.69, 9.17) is 4.74 Å². The summed E-state index contributed by atoms with van der Waals surface area (Å²) in [6, 6.07) is 10.2. The second-order valence-electron chi connectivity index (χ2n) is 7.85. The quantitative estimate of drug-likeness (QED) is 0.773. The van der Waals surface area contributed by atoms with Gasteiger partial charge in [-0.25, -0.2) is 8.78 Å². The van der Waals surface area contributed by atoms with Crippen molar-refractivity contribution in [3.8, 4) is 5.75 Å². The molecule has 0 radical (unpaired) electrons. The maximum atomic E-state index is 13.4. The summed E-state index contributed by atoms with van der Waals surface area (Å²) in [6.07, 6.45) is 1.73. The predicted molar refractivity (Wildman–Crippen MR) is 110 cm³/mol. The van der Waals surface area contributed by atoms with Gasteiger partial charge in [0.2, 0.25) is 0 Å². The van der Waals surface area contributed by atoms with Crippen LogP contribution >= 0.6 is 0 Å². The lowest BCUT2D eigenvalue weighted by Crippen LogP contribution is -2.41. The molecule has 0 spiro atoms. The van der Waals surface area contributed by atoms with Crippen molar-refractivity contribution in [3.05, 3.63) is 65.2 Å². The SMILES string of the molecule is CC(C)NC(=O)c1ccc(OC[C@H]2CCCN(C(=O)c3ccc(F)c(F)c3)C2)cc1. The summed E-state index contributed by atoms with van der Waals surface area (Å²) in [6.45, 7) is 5.31. The fourth-order valence-electron chi connectivity index (χ4n) is 3.46. The monoisotopic (exact) mass is 416 g/mol. The predicted octanol–water partition coefficient (Wildman–Crippen LogP) is 4.03. The molecule has 5 nitrogen and oxygen atoms in total. The van der Waals surface area contributed by atoms with Crippen molar-refractivity contribution < 1.29 is 23.1 Å². The summed E-state index contributed by atoms with van der Waals surface area (Å²) in [5.74, 6) is -1.64. The Morgan fingerprint density at radius 2 is 1.80 bits per heavy atom. The first kappa shape index (κ1) is 21.7. The number of rotatable bonds is 6. The van der Waals surface area contributed by atoms with E-state index in [2.05, 4.69) is 5.32 Å². The number of carbonyl (C=O) groups is 2. The molecule has 1 N–H and O–H groups in total. The van der Waals surface area contributed by atoms with Crippen LogP contribution in [0.1, 0.15) is 47.4 Å². The van der Waals surface area contributed by atoms with E-state index in [1.54, 1.807) is 29.2 Å². The summed E-state index contributed by atoms with van der Waals surface area (Å²) in [7, 11) is 0. The first-order chi connectivity index (χ1) is 14.3. The number of halogens is 2. The maximum Gasteiger partial charge on any atom is 0.253 e. The Kier molecular flexibility index (Phi) is 7.03. The van der Waals surface area contributed by atoms with Crippen molar-refractivity contribution in [2.75, 3.05) is 19.7 Å². The highest BCUT2D eigenvalue weighted by molar-refractivity contribution is 5.94. The average Bonchev–Trinajstić information content (AvgIpc) is 2.74. The fraction of sp³-hybridized carbons (Fsp3) is 0.391. The molecule has 2 amide bonds. The van der Waals surface area contributed by atoms with E-state index in [0.717, 1.165) is 25.0 Å². The summed E-state index contributed by atoms with van der Waals surface area (Å²) in [5.41, 5.74) is 0.711. The Hall–Kier alpha value is -2.96. The lowest BCUT2D eigenvalue weighted by Gasteiger charge is -2.32. The second kappa shape index (κ2) is 9.69. The highest BCUT2D eigenvalue weighted by Gasteiger charge is 2.25. The highest BCUT2D eigenvalue weighted by atomic mass is 19.2. The third kappa shape index (κ3) is 5.55. The van der Waals surface area contributed by atoms with Crippen molar-refractivity contribution >= 4 is 11.8 Å². The Bertz CT molecular complexity index is 900. The van der Waals surface area contributed by atoms with Crippen LogP contribution in [0.5, 0.6) is 5.75 Å². The van der Waals surface area contributed by atoms with Crippen LogP contribution in [0.2, 0.25) is 0 Å². The molecular formula is C23H26F2N2O3. The molecule has 1 saturated heterocycles. The van der Waals surface area contributed by atoms with Crippen LogP contribution < -0.4 is 10.1 Å². The molecule has 0 aromatic heterocycles. The molecule has 7 heteroatoms. The van der Waals surface area contributed by atoms with Gasteiger partial charge < -0.3 is 15.0 Å². The molecule has 30 heavy (non-hydrogen) atoms. The first-order valence-electron chi connectivity index (χ1n) is 10.1. The average molecular weight is 416 g/mol. The van der Waals surface area contributed by atoms with Gasteiger partial charge in [0.15, 0.2) is 11.6 Å². The van der Waals surface area contributed by atoms with Crippen LogP contribution in [0.4, 0.5) is 8.78 Å². The van der Waals surface area contributed by atoms with Crippen molar-refractivity contribution in [2.24, 2.45) is 5.92 Å². The van der Waals surface area contributed by atoms with Crippen molar-refractivity contribution in [1.29, 1.82) is 0 Å². The van der Waals surface area contributed by atoms with Gasteiger partial charge in [0.05, 0.1) is 6.61 Å². The van der Waals surface area contributed by atoms with E-state index in [0.29, 0.717) is 31.0 Å². The molecule has 0 unspecified atom stereocenters. The second-order valence-corrected chi connectivity index (χ2v) is 7.85. The van der Waals surface area contributed by atoms with Gasteiger partial charge in [0, 0.05) is 36.2 Å². The number of nitrogens with zero attached hydrogens (tertiary/aromatic N) is 1. The Morgan fingerprint density at radius 3 is 2.47 bits per heavy atom. The lowest BCUT2D eigenvalue weighted by molar-refractivity contribution is 0.0632. The number of nitrogens with one attached hydrogen (secondary N) is 1. The van der Waals surface area contributed by atoms with Gasteiger partial charge in [0.25, 0.3) is 11.8 Å². The van der Waals surface area contributed by atoms with E-state index in [9.17, 15) is 18.4 Å². The van der Waals surface area contributed by atoms with Gasteiger partial charge >= 0.3 is 0 Å². The van der Waals surface area contributed by atoms with Crippen LogP contribution in [0.3, 0.4) is 0 Å². The Balaban J connectivity index is 1.54. The van der Waals surface area contributed by atoms with E-state index in [1.165, 1.54) is 6.07 Å². The number of ether oxygens (including phenoxy) is 1. The van der Waals surface area contributed by atoms with Crippen LogP contribution in [0, 0.1) is 17.6 Å². The lowest BCUT2D eigenvalue weighted by atomic mass is 9.98. The fourth-order valence-corrected chi connectivity index (χ4v) is 3.46. The molecular weight excluding hydrogens is 390 g/mol. The van der Waals surface area contributed by atoms with Gasteiger partial charge in [-0.3, -0.25) is 9.59 Å². The van der Waals surface area contributed by atoms with E-state index >= 15 is 0 Å². The molecule has 160 valence electrons. The summed E-state index contributed by atoms with van der Waals surface area (Å²) in [4.78, 5) is 26.3. The number of hydrogen-bond donors (Lipinski definition) is 1. The van der Waals surface area contributed by atoms with Gasteiger partial charge in [-0.2, -0.15) is 0 Å². The molecule has 1 heterocycles. The van der Waals surface area contributed by atoms with Crippen LogP contribution in [0.15, 0.2) is 42.5 Å². The topological polar surface area (TPSA) is 58.6 Å². The molecule has 1 aliphatic heterocycles. The van der Waals surface area contributed by atoms with Gasteiger partial charge in [-0.1, -0.05) is 0 Å². The molecule has 2 aromatic carbocycles. The Morgan fingerprint density at radius 1 is 1.10 bits per heavy atom. The number of amides is 2. The van der Waals surface area contributed by atoms with Gasteiger partial charge in [0.1, 0.15) is 5.75 Å². The number of benzene rings is 2. The van der Waals surface area contributed by atoms with E-state index in [1.807, 2.05) is 13.8 Å². The summed E-state index contributed by atoms with van der Waals surface area (Å²) in [5, 5.41) is 2.84. The van der Waals surface area contributed by atoms with E-state index in [-0.39, 0.29) is 29.3 Å². The molecule has 1 atom stereocenters. The molecule has 2 aromatic rings. The minimum absolute atomic E-state index is 0.0665. The third-order valence-electron chi connectivity index (χ3n) is 4.99. The molecule has 1 aliphatic rings. The smallest absolute Gasteiger partial charge is 0.253 e. The number of hydrogen-bond acceptors (Lipinski definition) is 3. The minimum Gasteiger partial charge on any atom is -0.493 e. The van der Waals surface area contributed by atoms with Gasteiger partial charge in [-0.15, -0.1) is 0 Å². The summed E-state index contributed by atoms with van der Waals surface area (Å²) >= 11 is 0. The van der Waals surface area contributed by atoms with Crippen molar-refractivity contribution in [2.45, 2.75) is 32.7 Å². The number of piperidine rings is 1.